The number of nitrogens with two attached hydrogens (primary N) is 1. The first-order valence-corrected chi connectivity index (χ1v) is 12.0. The second-order valence-corrected chi connectivity index (χ2v) is 9.38. The van der Waals surface area contributed by atoms with Gasteiger partial charge in [-0.25, -0.2) is 15.0 Å². The van der Waals surface area contributed by atoms with Gasteiger partial charge >= 0.3 is 6.18 Å². The van der Waals surface area contributed by atoms with Crippen LogP contribution >= 0.6 is 11.3 Å². The van der Waals surface area contributed by atoms with E-state index in [0.29, 0.717) is 16.0 Å². The van der Waals surface area contributed by atoms with Gasteiger partial charge in [0.2, 0.25) is 5.89 Å². The molecular formula is C24H24F3N5O4S. The van der Waals surface area contributed by atoms with Crippen molar-refractivity contribution in [2.45, 2.75) is 31.7 Å². The maximum atomic E-state index is 13.2. The Kier molecular flexibility index (Phi) is 7.22. The number of carbonyl (C=O) groups is 1. The first-order chi connectivity index (χ1) is 17.5. The number of fused-ring (bicyclic) bond motifs is 1. The number of ether oxygens (including phenoxy) is 1. The van der Waals surface area contributed by atoms with Crippen LogP contribution in [0.25, 0.3) is 22.4 Å². The number of hydrogen-bond donors (Lipinski definition) is 2. The van der Waals surface area contributed by atoms with Gasteiger partial charge in [0.25, 0.3) is 5.91 Å². The van der Waals surface area contributed by atoms with Crippen molar-refractivity contribution in [2.24, 2.45) is 5.73 Å². The molecule has 0 saturated carbocycles. The third-order valence-electron chi connectivity index (χ3n) is 5.82. The Morgan fingerprint density at radius 2 is 2.00 bits per heavy atom. The van der Waals surface area contributed by atoms with Crippen molar-refractivity contribution < 1.29 is 32.2 Å². The summed E-state index contributed by atoms with van der Waals surface area (Å²) in [5, 5.41) is 13.3. The van der Waals surface area contributed by atoms with Gasteiger partial charge in [0, 0.05) is 36.1 Å². The molecule has 0 aliphatic carbocycles. The second-order valence-electron chi connectivity index (χ2n) is 8.49. The number of oxazole rings is 1. The van der Waals surface area contributed by atoms with E-state index >= 15 is 0 Å². The van der Waals surface area contributed by atoms with Crippen LogP contribution in [0.5, 0.6) is 5.75 Å². The molecule has 1 amide bonds. The highest BCUT2D eigenvalue weighted by molar-refractivity contribution is 7.09. The van der Waals surface area contributed by atoms with E-state index in [9.17, 15) is 23.1 Å². The van der Waals surface area contributed by atoms with E-state index in [1.54, 1.807) is 31.6 Å². The van der Waals surface area contributed by atoms with E-state index in [1.165, 1.54) is 35.5 Å². The minimum absolute atomic E-state index is 0.00111. The van der Waals surface area contributed by atoms with Crippen LogP contribution < -0.4 is 10.5 Å². The lowest BCUT2D eigenvalue weighted by atomic mass is 10.0. The van der Waals surface area contributed by atoms with Crippen LogP contribution in [0.4, 0.5) is 13.2 Å². The normalized spacial score (nSPS) is 13.5. The predicted octanol–water partition coefficient (Wildman–Crippen LogP) is 4.20. The summed E-state index contributed by atoms with van der Waals surface area (Å²) in [6, 6.07) is 5.12. The lowest BCUT2D eigenvalue weighted by Crippen LogP contribution is -2.33. The summed E-state index contributed by atoms with van der Waals surface area (Å²) in [5.74, 6) is -0.233. The van der Waals surface area contributed by atoms with Crippen molar-refractivity contribution in [2.75, 3.05) is 20.7 Å². The maximum absolute atomic E-state index is 13.2. The van der Waals surface area contributed by atoms with Gasteiger partial charge in [-0.1, -0.05) is 0 Å². The first kappa shape index (κ1) is 26.5. The third-order valence-corrected chi connectivity index (χ3v) is 6.85. The summed E-state index contributed by atoms with van der Waals surface area (Å²) in [6.45, 7) is 1.67. The van der Waals surface area contributed by atoms with Crippen molar-refractivity contribution in [3.05, 3.63) is 58.0 Å². The minimum atomic E-state index is -4.64. The number of pyridine rings is 1. The molecule has 196 valence electrons. The van der Waals surface area contributed by atoms with Crippen LogP contribution in [0.15, 0.2) is 40.3 Å². The molecule has 1 atom stereocenters. The average molecular weight is 536 g/mol. The molecule has 0 spiro atoms. The molecule has 0 radical (unpaired) electrons. The average Bonchev–Trinajstić information content (AvgIpc) is 3.56. The number of thiazole rings is 1. The Bertz CT molecular complexity index is 1420. The van der Waals surface area contributed by atoms with Gasteiger partial charge in [0.15, 0.2) is 11.5 Å². The monoisotopic (exact) mass is 535 g/mol. The number of carbonyl (C=O) groups excluding carboxylic acids is 1. The molecule has 13 heteroatoms. The topological polar surface area (TPSA) is 128 Å². The highest BCUT2D eigenvalue weighted by Crippen LogP contribution is 2.37. The van der Waals surface area contributed by atoms with Crippen LogP contribution in [0, 0.1) is 0 Å². The highest BCUT2D eigenvalue weighted by atomic mass is 32.1. The summed E-state index contributed by atoms with van der Waals surface area (Å²) < 4.78 is 50.7. The summed E-state index contributed by atoms with van der Waals surface area (Å²) >= 11 is 1.31. The number of aliphatic hydroxyl groups is 1. The fourth-order valence-corrected chi connectivity index (χ4v) is 4.47. The first-order valence-electron chi connectivity index (χ1n) is 11.1. The number of methoxy groups -OCH3 is 1. The van der Waals surface area contributed by atoms with Crippen molar-refractivity contribution in [1.82, 2.24) is 19.9 Å². The van der Waals surface area contributed by atoms with Crippen LogP contribution in [0.3, 0.4) is 0 Å². The molecule has 4 rings (SSSR count). The van der Waals surface area contributed by atoms with Crippen LogP contribution in [-0.2, 0) is 18.3 Å². The number of alkyl halides is 3. The van der Waals surface area contributed by atoms with E-state index in [1.807, 2.05) is 0 Å². The molecule has 0 saturated heterocycles. The third kappa shape index (κ3) is 5.29. The number of hydrogen-bond acceptors (Lipinski definition) is 9. The largest absolute Gasteiger partial charge is 0.494 e. The lowest BCUT2D eigenvalue weighted by molar-refractivity contribution is -0.140. The fraction of sp³-hybridized carbons (Fsp3) is 0.333. The summed E-state index contributed by atoms with van der Waals surface area (Å²) in [7, 11) is 2.88. The minimum Gasteiger partial charge on any atom is -0.494 e. The molecule has 3 N–H and O–H groups in total. The van der Waals surface area contributed by atoms with Gasteiger partial charge in [0.05, 0.1) is 13.7 Å². The molecule has 0 aliphatic heterocycles. The molecule has 0 fully saturated rings. The molecule has 0 aliphatic rings. The zero-order valence-electron chi connectivity index (χ0n) is 20.2. The fourth-order valence-electron chi connectivity index (χ4n) is 3.74. The maximum Gasteiger partial charge on any atom is 0.433 e. The van der Waals surface area contributed by atoms with Crippen LogP contribution in [0.1, 0.15) is 40.3 Å². The molecule has 3 aromatic heterocycles. The van der Waals surface area contributed by atoms with Crippen molar-refractivity contribution >= 4 is 28.1 Å². The number of aromatic nitrogens is 3. The smallest absolute Gasteiger partial charge is 0.433 e. The van der Waals surface area contributed by atoms with Gasteiger partial charge < -0.3 is 24.9 Å². The standard InChI is InChI=1S/C24H24F3N5O4S/c1-23(34,22-29-9-11-37-22)8-10-32(2)21(33)19-16(12-28)36-20(31-19)14-4-6-15(35-3)18-13(14)5-7-17(30-18)24(25,26)27/h4-7,9,11,34H,8,10,12,28H2,1-3H3. The van der Waals surface area contributed by atoms with Gasteiger partial charge in [0.1, 0.15) is 27.6 Å². The van der Waals surface area contributed by atoms with Gasteiger partial charge in [-0.3, -0.25) is 4.79 Å². The zero-order valence-corrected chi connectivity index (χ0v) is 21.0. The molecule has 3 heterocycles. The zero-order chi connectivity index (χ0) is 27.0. The summed E-state index contributed by atoms with van der Waals surface area (Å²) in [5.41, 5.74) is 3.77. The SMILES string of the molecule is COc1ccc(-c2nc(C(=O)N(C)CCC(C)(O)c3nccs3)c(CN)o2)c2ccc(C(F)(F)F)nc12. The van der Waals surface area contributed by atoms with Crippen molar-refractivity contribution in [3.8, 4) is 17.2 Å². The predicted molar refractivity (Wildman–Crippen MR) is 130 cm³/mol. The Balaban J connectivity index is 1.66. The molecule has 9 nitrogen and oxygen atoms in total. The molecule has 37 heavy (non-hydrogen) atoms. The molecular weight excluding hydrogens is 511 g/mol. The number of benzene rings is 1. The van der Waals surface area contributed by atoms with Crippen LogP contribution in [0.2, 0.25) is 0 Å². The Hall–Kier alpha value is -3.55. The Labute approximate surface area is 213 Å². The van der Waals surface area contributed by atoms with Crippen LogP contribution in [-0.4, -0.2) is 51.6 Å². The lowest BCUT2D eigenvalue weighted by Gasteiger charge is -2.24. The second kappa shape index (κ2) is 10.1. The van der Waals surface area contributed by atoms with Crippen molar-refractivity contribution in [1.29, 1.82) is 0 Å². The van der Waals surface area contributed by atoms with Gasteiger partial charge in [-0.15, -0.1) is 11.3 Å². The van der Waals surface area contributed by atoms with E-state index in [0.717, 1.165) is 6.07 Å². The van der Waals surface area contributed by atoms with E-state index < -0.39 is 23.4 Å². The molecule has 1 unspecified atom stereocenters. The summed E-state index contributed by atoms with van der Waals surface area (Å²) in [6.07, 6.45) is -2.82. The number of rotatable bonds is 8. The van der Waals surface area contributed by atoms with Gasteiger partial charge in [-0.05, 0) is 37.6 Å². The molecule has 4 aromatic rings. The Morgan fingerprint density at radius 3 is 2.62 bits per heavy atom. The molecule has 0 bridgehead atoms. The highest BCUT2D eigenvalue weighted by Gasteiger charge is 2.33. The molecule has 1 aromatic carbocycles. The van der Waals surface area contributed by atoms with E-state index in [4.69, 9.17) is 14.9 Å². The number of halogens is 3. The van der Waals surface area contributed by atoms with Gasteiger partial charge in [-0.2, -0.15) is 13.2 Å². The Morgan fingerprint density at radius 1 is 1.24 bits per heavy atom. The van der Waals surface area contributed by atoms with E-state index in [-0.39, 0.29) is 48.1 Å². The number of nitrogens with zero attached hydrogens (tertiary/aromatic N) is 4. The summed E-state index contributed by atoms with van der Waals surface area (Å²) in [4.78, 5) is 26.8. The van der Waals surface area contributed by atoms with Crippen molar-refractivity contribution in [3.63, 3.8) is 0 Å². The van der Waals surface area contributed by atoms with E-state index in [2.05, 4.69) is 15.0 Å². The number of amides is 1. The quantitative estimate of drug-likeness (QED) is 0.344.